The molecule has 1 aromatic carbocycles. The topological polar surface area (TPSA) is 41.6 Å². The fourth-order valence-corrected chi connectivity index (χ4v) is 2.42. The molecule has 21 heavy (non-hydrogen) atoms. The van der Waals surface area contributed by atoms with Gasteiger partial charge in [-0.05, 0) is 44.2 Å². The number of nitrogens with zero attached hydrogens (tertiary/aromatic N) is 1. The molecule has 1 aliphatic heterocycles. The lowest BCUT2D eigenvalue weighted by atomic mass is 10.00. The van der Waals surface area contributed by atoms with Gasteiger partial charge in [0.25, 0.3) is 0 Å². The summed E-state index contributed by atoms with van der Waals surface area (Å²) < 4.78 is 5.64. The number of hydrogen-bond acceptors (Lipinski definition) is 2. The lowest BCUT2D eigenvalue weighted by molar-refractivity contribution is 0.173. The Morgan fingerprint density at radius 1 is 1.29 bits per heavy atom. The van der Waals surface area contributed by atoms with Crippen LogP contribution in [0.2, 0.25) is 0 Å². The van der Waals surface area contributed by atoms with Gasteiger partial charge in [0.2, 0.25) is 0 Å². The van der Waals surface area contributed by atoms with Gasteiger partial charge in [-0.25, -0.2) is 4.79 Å². The highest BCUT2D eigenvalue weighted by molar-refractivity contribution is 5.74. The van der Waals surface area contributed by atoms with Crippen molar-refractivity contribution >= 4 is 6.03 Å². The summed E-state index contributed by atoms with van der Waals surface area (Å²) in [5.74, 6) is 1.63. The highest BCUT2D eigenvalue weighted by atomic mass is 16.5. The molecule has 1 heterocycles. The molecular weight excluding hydrogens is 264 g/mol. The van der Waals surface area contributed by atoms with Gasteiger partial charge in [-0.3, -0.25) is 0 Å². The SMILES string of the molecule is Cc1ccc(OCCCNC(=O)N2CCC(C)CC2)cc1. The first-order valence-corrected chi connectivity index (χ1v) is 7.87. The maximum Gasteiger partial charge on any atom is 0.317 e. The van der Waals surface area contributed by atoms with Crippen molar-refractivity contribution in [1.82, 2.24) is 10.2 Å². The van der Waals surface area contributed by atoms with Crippen LogP contribution in [0.4, 0.5) is 4.79 Å². The maximum absolute atomic E-state index is 11.9. The van der Waals surface area contributed by atoms with Gasteiger partial charge < -0.3 is 15.0 Å². The van der Waals surface area contributed by atoms with E-state index in [1.807, 2.05) is 29.2 Å². The third-order valence-corrected chi connectivity index (χ3v) is 3.96. The third kappa shape index (κ3) is 5.29. The third-order valence-electron chi connectivity index (χ3n) is 3.96. The summed E-state index contributed by atoms with van der Waals surface area (Å²) in [7, 11) is 0. The summed E-state index contributed by atoms with van der Waals surface area (Å²) >= 11 is 0. The summed E-state index contributed by atoms with van der Waals surface area (Å²) in [6.07, 6.45) is 3.05. The van der Waals surface area contributed by atoms with Crippen molar-refractivity contribution in [2.45, 2.75) is 33.1 Å². The standard InChI is InChI=1S/C17H26N2O2/c1-14-4-6-16(7-5-14)21-13-3-10-18-17(20)19-11-8-15(2)9-12-19/h4-7,15H,3,8-13H2,1-2H3,(H,18,20). The van der Waals surface area contributed by atoms with Gasteiger partial charge in [-0.1, -0.05) is 24.6 Å². The normalized spacial score (nSPS) is 15.8. The van der Waals surface area contributed by atoms with Crippen molar-refractivity contribution in [2.24, 2.45) is 5.92 Å². The summed E-state index contributed by atoms with van der Waals surface area (Å²) in [5.41, 5.74) is 1.23. The molecule has 0 aromatic heterocycles. The smallest absolute Gasteiger partial charge is 0.317 e. The molecule has 1 aromatic rings. The molecule has 4 nitrogen and oxygen atoms in total. The second kappa shape index (κ2) is 7.91. The molecule has 1 fully saturated rings. The van der Waals surface area contributed by atoms with Gasteiger partial charge in [-0.15, -0.1) is 0 Å². The minimum atomic E-state index is 0.0669. The average molecular weight is 290 g/mol. The molecular formula is C17H26N2O2. The zero-order valence-corrected chi connectivity index (χ0v) is 13.1. The van der Waals surface area contributed by atoms with Crippen molar-refractivity contribution in [3.8, 4) is 5.75 Å². The maximum atomic E-state index is 11.9. The predicted molar refractivity (Wildman–Crippen MR) is 84.7 cm³/mol. The van der Waals surface area contributed by atoms with Crippen LogP contribution < -0.4 is 10.1 Å². The molecule has 1 aliphatic rings. The van der Waals surface area contributed by atoms with Crippen LogP contribution in [0.1, 0.15) is 31.7 Å². The number of ether oxygens (including phenoxy) is 1. The van der Waals surface area contributed by atoms with Crippen LogP contribution in [-0.4, -0.2) is 37.2 Å². The molecule has 116 valence electrons. The van der Waals surface area contributed by atoms with Gasteiger partial charge in [0.05, 0.1) is 6.61 Å². The van der Waals surface area contributed by atoms with Crippen LogP contribution in [0, 0.1) is 12.8 Å². The Morgan fingerprint density at radius 3 is 2.62 bits per heavy atom. The zero-order chi connectivity index (χ0) is 15.1. The zero-order valence-electron chi connectivity index (χ0n) is 13.1. The van der Waals surface area contributed by atoms with Crippen LogP contribution in [0.5, 0.6) is 5.75 Å². The first kappa shape index (κ1) is 15.7. The van der Waals surface area contributed by atoms with Crippen molar-refractivity contribution in [3.63, 3.8) is 0 Å². The lowest BCUT2D eigenvalue weighted by Gasteiger charge is -2.30. The van der Waals surface area contributed by atoms with E-state index in [1.165, 1.54) is 5.56 Å². The summed E-state index contributed by atoms with van der Waals surface area (Å²) in [6, 6.07) is 8.09. The van der Waals surface area contributed by atoms with Crippen molar-refractivity contribution in [3.05, 3.63) is 29.8 Å². The van der Waals surface area contributed by atoms with Gasteiger partial charge in [0, 0.05) is 19.6 Å². The molecule has 0 atom stereocenters. The largest absolute Gasteiger partial charge is 0.494 e. The van der Waals surface area contributed by atoms with E-state index in [2.05, 4.69) is 19.2 Å². The second-order valence-electron chi connectivity index (χ2n) is 5.92. The van der Waals surface area contributed by atoms with Crippen LogP contribution in [0.15, 0.2) is 24.3 Å². The molecule has 4 heteroatoms. The van der Waals surface area contributed by atoms with Crippen LogP contribution in [0.25, 0.3) is 0 Å². The molecule has 1 saturated heterocycles. The first-order valence-electron chi connectivity index (χ1n) is 7.87. The number of hydrogen-bond donors (Lipinski definition) is 1. The average Bonchev–Trinajstić information content (AvgIpc) is 2.49. The summed E-state index contributed by atoms with van der Waals surface area (Å²) in [4.78, 5) is 13.9. The number of urea groups is 1. The monoisotopic (exact) mass is 290 g/mol. The molecule has 0 radical (unpaired) electrons. The van der Waals surface area contributed by atoms with E-state index in [1.54, 1.807) is 0 Å². The van der Waals surface area contributed by atoms with E-state index in [9.17, 15) is 4.79 Å². The number of nitrogens with one attached hydrogen (secondary N) is 1. The quantitative estimate of drug-likeness (QED) is 0.846. The number of benzene rings is 1. The van der Waals surface area contributed by atoms with Crippen LogP contribution in [0.3, 0.4) is 0 Å². The van der Waals surface area contributed by atoms with E-state index in [0.717, 1.165) is 44.0 Å². The van der Waals surface area contributed by atoms with Gasteiger partial charge in [0.15, 0.2) is 0 Å². The number of piperidine rings is 1. The Kier molecular flexibility index (Phi) is 5.90. The Hall–Kier alpha value is -1.71. The lowest BCUT2D eigenvalue weighted by Crippen LogP contribution is -2.44. The molecule has 0 bridgehead atoms. The van der Waals surface area contributed by atoms with Crippen molar-refractivity contribution < 1.29 is 9.53 Å². The van der Waals surface area contributed by atoms with Crippen molar-refractivity contribution in [1.29, 1.82) is 0 Å². The highest BCUT2D eigenvalue weighted by Crippen LogP contribution is 2.15. The van der Waals surface area contributed by atoms with Gasteiger partial charge in [-0.2, -0.15) is 0 Å². The summed E-state index contributed by atoms with van der Waals surface area (Å²) in [5, 5.41) is 2.97. The van der Waals surface area contributed by atoms with E-state index >= 15 is 0 Å². The number of carbonyl (C=O) groups excluding carboxylic acids is 1. The van der Waals surface area contributed by atoms with E-state index < -0.39 is 0 Å². The first-order chi connectivity index (χ1) is 10.1. The minimum absolute atomic E-state index is 0.0669. The molecule has 2 rings (SSSR count). The van der Waals surface area contributed by atoms with E-state index in [4.69, 9.17) is 4.74 Å². The molecule has 0 spiro atoms. The molecule has 1 N–H and O–H groups in total. The fraction of sp³-hybridized carbons (Fsp3) is 0.588. The van der Waals surface area contributed by atoms with E-state index in [0.29, 0.717) is 13.2 Å². The molecule has 0 aliphatic carbocycles. The van der Waals surface area contributed by atoms with Crippen LogP contribution in [-0.2, 0) is 0 Å². The Bertz CT molecular complexity index is 437. The Labute approximate surface area is 127 Å². The molecule has 0 unspecified atom stereocenters. The summed E-state index contributed by atoms with van der Waals surface area (Å²) in [6.45, 7) is 7.36. The number of rotatable bonds is 5. The number of carbonyl (C=O) groups is 1. The second-order valence-corrected chi connectivity index (χ2v) is 5.92. The predicted octanol–water partition coefficient (Wildman–Crippen LogP) is 3.21. The Morgan fingerprint density at radius 2 is 1.95 bits per heavy atom. The minimum Gasteiger partial charge on any atom is -0.494 e. The van der Waals surface area contributed by atoms with Crippen LogP contribution >= 0.6 is 0 Å². The highest BCUT2D eigenvalue weighted by Gasteiger charge is 2.19. The van der Waals surface area contributed by atoms with Gasteiger partial charge in [0.1, 0.15) is 5.75 Å². The number of aryl methyl sites for hydroxylation is 1. The number of likely N-dealkylation sites (tertiary alicyclic amines) is 1. The van der Waals surface area contributed by atoms with Gasteiger partial charge >= 0.3 is 6.03 Å². The molecule has 0 saturated carbocycles. The Balaban J connectivity index is 1.57. The van der Waals surface area contributed by atoms with Crippen molar-refractivity contribution in [2.75, 3.05) is 26.2 Å². The molecule has 2 amide bonds. The van der Waals surface area contributed by atoms with E-state index in [-0.39, 0.29) is 6.03 Å². The fourth-order valence-electron chi connectivity index (χ4n) is 2.42. The number of amides is 2.